The van der Waals surface area contributed by atoms with Crippen molar-refractivity contribution in [1.82, 2.24) is 0 Å². The predicted octanol–water partition coefficient (Wildman–Crippen LogP) is 3.42. The summed E-state index contributed by atoms with van der Waals surface area (Å²) in [5, 5.41) is 0. The lowest BCUT2D eigenvalue weighted by Gasteiger charge is -2.17. The average Bonchev–Trinajstić information content (AvgIpc) is 2.34. The summed E-state index contributed by atoms with van der Waals surface area (Å²) in [5.74, 6) is -3.82. The molecule has 0 aliphatic rings. The Bertz CT molecular complexity index is 424. The first-order valence-corrected chi connectivity index (χ1v) is 5.54. The van der Waals surface area contributed by atoms with Crippen molar-refractivity contribution in [2.24, 2.45) is 5.92 Å². The average molecular weight is 258 g/mol. The van der Waals surface area contributed by atoms with Crippen molar-refractivity contribution < 1.29 is 22.8 Å². The molecule has 98 valence electrons. The normalized spacial score (nSPS) is 13.1. The number of benzene rings is 1. The third-order valence-corrected chi connectivity index (χ3v) is 2.62. The smallest absolute Gasteiger partial charge is 0.299 e. The van der Waals surface area contributed by atoms with Crippen LogP contribution in [0.15, 0.2) is 30.3 Å². The largest absolute Gasteiger partial charge is 0.399 e. The van der Waals surface area contributed by atoms with Gasteiger partial charge in [-0.3, -0.25) is 9.59 Å². The van der Waals surface area contributed by atoms with Crippen LogP contribution in [0.5, 0.6) is 0 Å². The van der Waals surface area contributed by atoms with E-state index >= 15 is 0 Å². The molecule has 2 nitrogen and oxygen atoms in total. The molecule has 0 bridgehead atoms. The van der Waals surface area contributed by atoms with Crippen molar-refractivity contribution in [3.63, 3.8) is 0 Å². The van der Waals surface area contributed by atoms with Crippen molar-refractivity contribution in [2.45, 2.75) is 25.9 Å². The Labute approximate surface area is 103 Å². The second-order valence-electron chi connectivity index (χ2n) is 3.91. The zero-order chi connectivity index (χ0) is 13.8. The maximum absolute atomic E-state index is 12.7. The lowest BCUT2D eigenvalue weighted by atomic mass is 9.93. The lowest BCUT2D eigenvalue weighted by Crippen LogP contribution is -2.32. The highest BCUT2D eigenvalue weighted by Crippen LogP contribution is 2.31. The van der Waals surface area contributed by atoms with Gasteiger partial charge in [0.25, 0.3) is 0 Å². The van der Waals surface area contributed by atoms with E-state index in [0.717, 1.165) is 0 Å². The topological polar surface area (TPSA) is 34.1 Å². The SMILES string of the molecule is CCC(=O)C(CC(=O)c1ccccc1)C(F)(F)F. The molecule has 0 N–H and O–H groups in total. The molecule has 0 aliphatic heterocycles. The zero-order valence-corrected chi connectivity index (χ0v) is 9.83. The van der Waals surface area contributed by atoms with Gasteiger partial charge in [-0.2, -0.15) is 13.2 Å². The molecular formula is C13H13F3O2. The van der Waals surface area contributed by atoms with Crippen LogP contribution >= 0.6 is 0 Å². The Morgan fingerprint density at radius 2 is 1.72 bits per heavy atom. The van der Waals surface area contributed by atoms with E-state index in [2.05, 4.69) is 0 Å². The van der Waals surface area contributed by atoms with E-state index in [4.69, 9.17) is 0 Å². The molecule has 1 unspecified atom stereocenters. The van der Waals surface area contributed by atoms with Crippen molar-refractivity contribution in [3.05, 3.63) is 35.9 Å². The lowest BCUT2D eigenvalue weighted by molar-refractivity contribution is -0.180. The minimum Gasteiger partial charge on any atom is -0.299 e. The van der Waals surface area contributed by atoms with Gasteiger partial charge in [-0.15, -0.1) is 0 Å². The highest BCUT2D eigenvalue weighted by atomic mass is 19.4. The first-order chi connectivity index (χ1) is 8.36. The number of carbonyl (C=O) groups excluding carboxylic acids is 2. The van der Waals surface area contributed by atoms with E-state index in [1.54, 1.807) is 18.2 Å². The highest BCUT2D eigenvalue weighted by molar-refractivity contribution is 5.99. The van der Waals surface area contributed by atoms with Gasteiger partial charge in [0.15, 0.2) is 5.78 Å². The second kappa shape index (κ2) is 5.80. The standard InChI is InChI=1S/C13H13F3O2/c1-2-11(17)10(13(14,15)16)8-12(18)9-6-4-3-5-7-9/h3-7,10H,2,8H2,1H3. The van der Waals surface area contributed by atoms with Gasteiger partial charge in [0.05, 0.1) is 0 Å². The van der Waals surface area contributed by atoms with Crippen molar-refractivity contribution in [2.75, 3.05) is 0 Å². The van der Waals surface area contributed by atoms with Crippen LogP contribution in [-0.2, 0) is 4.79 Å². The molecule has 0 saturated carbocycles. The van der Waals surface area contributed by atoms with Crippen LogP contribution < -0.4 is 0 Å². The first-order valence-electron chi connectivity index (χ1n) is 5.54. The molecule has 0 amide bonds. The molecular weight excluding hydrogens is 245 g/mol. The Hall–Kier alpha value is -1.65. The summed E-state index contributed by atoms with van der Waals surface area (Å²) >= 11 is 0. The molecule has 18 heavy (non-hydrogen) atoms. The highest BCUT2D eigenvalue weighted by Gasteiger charge is 2.44. The van der Waals surface area contributed by atoms with Crippen LogP contribution in [0.4, 0.5) is 13.2 Å². The van der Waals surface area contributed by atoms with Gasteiger partial charge < -0.3 is 0 Å². The van der Waals surface area contributed by atoms with Gasteiger partial charge in [-0.1, -0.05) is 37.3 Å². The van der Waals surface area contributed by atoms with Crippen molar-refractivity contribution in [1.29, 1.82) is 0 Å². The minimum atomic E-state index is -4.67. The monoisotopic (exact) mass is 258 g/mol. The predicted molar refractivity (Wildman–Crippen MR) is 60.2 cm³/mol. The second-order valence-corrected chi connectivity index (χ2v) is 3.91. The molecule has 0 saturated heterocycles. The van der Waals surface area contributed by atoms with Gasteiger partial charge in [0.2, 0.25) is 0 Å². The number of halogens is 3. The number of alkyl halides is 3. The van der Waals surface area contributed by atoms with E-state index < -0.39 is 30.1 Å². The molecule has 0 heterocycles. The van der Waals surface area contributed by atoms with E-state index in [1.807, 2.05) is 0 Å². The molecule has 0 fully saturated rings. The number of rotatable bonds is 5. The first kappa shape index (κ1) is 14.4. The molecule has 5 heteroatoms. The Balaban J connectivity index is 2.86. The van der Waals surface area contributed by atoms with Gasteiger partial charge in [0, 0.05) is 18.4 Å². The fourth-order valence-electron chi connectivity index (χ4n) is 1.59. The van der Waals surface area contributed by atoms with Crippen LogP contribution in [0.1, 0.15) is 30.1 Å². The maximum Gasteiger partial charge on any atom is 0.399 e. The van der Waals surface area contributed by atoms with Gasteiger partial charge >= 0.3 is 6.18 Å². The summed E-state index contributed by atoms with van der Waals surface area (Å²) < 4.78 is 38.0. The third kappa shape index (κ3) is 3.68. The van der Waals surface area contributed by atoms with E-state index in [1.165, 1.54) is 19.1 Å². The molecule has 1 aromatic rings. The Kier molecular flexibility index (Phi) is 4.64. The number of Topliss-reactive ketones (excluding diaryl/α,β-unsaturated/α-hetero) is 2. The van der Waals surface area contributed by atoms with Crippen LogP contribution in [0, 0.1) is 5.92 Å². The number of hydrogen-bond acceptors (Lipinski definition) is 2. The van der Waals surface area contributed by atoms with Crippen LogP contribution in [0.3, 0.4) is 0 Å². The van der Waals surface area contributed by atoms with E-state index in [9.17, 15) is 22.8 Å². The summed E-state index contributed by atoms with van der Waals surface area (Å²) in [6, 6.07) is 7.67. The Morgan fingerprint density at radius 3 is 2.17 bits per heavy atom. The van der Waals surface area contributed by atoms with Crippen LogP contribution in [0.25, 0.3) is 0 Å². The number of carbonyl (C=O) groups is 2. The van der Waals surface area contributed by atoms with Gasteiger partial charge in [0.1, 0.15) is 11.7 Å². The number of ketones is 2. The van der Waals surface area contributed by atoms with Crippen molar-refractivity contribution in [3.8, 4) is 0 Å². The zero-order valence-electron chi connectivity index (χ0n) is 9.83. The molecule has 0 spiro atoms. The maximum atomic E-state index is 12.7. The van der Waals surface area contributed by atoms with Gasteiger partial charge in [-0.25, -0.2) is 0 Å². The number of hydrogen-bond donors (Lipinski definition) is 0. The molecule has 0 radical (unpaired) electrons. The molecule has 1 rings (SSSR count). The summed E-state index contributed by atoms with van der Waals surface area (Å²) in [6.45, 7) is 1.36. The molecule has 1 aromatic carbocycles. The fourth-order valence-corrected chi connectivity index (χ4v) is 1.59. The summed E-state index contributed by atoms with van der Waals surface area (Å²) in [5.41, 5.74) is 0.190. The summed E-state index contributed by atoms with van der Waals surface area (Å²) in [4.78, 5) is 22.9. The Morgan fingerprint density at radius 1 is 1.17 bits per heavy atom. The van der Waals surface area contributed by atoms with Crippen LogP contribution in [0.2, 0.25) is 0 Å². The fraction of sp³-hybridized carbons (Fsp3) is 0.385. The third-order valence-electron chi connectivity index (χ3n) is 2.62. The van der Waals surface area contributed by atoms with E-state index in [0.29, 0.717) is 0 Å². The minimum absolute atomic E-state index is 0.190. The summed E-state index contributed by atoms with van der Waals surface area (Å²) in [6.07, 6.45) is -5.72. The molecule has 0 aliphatic carbocycles. The van der Waals surface area contributed by atoms with Crippen LogP contribution in [-0.4, -0.2) is 17.7 Å². The van der Waals surface area contributed by atoms with Crippen molar-refractivity contribution >= 4 is 11.6 Å². The quantitative estimate of drug-likeness (QED) is 0.758. The van der Waals surface area contributed by atoms with E-state index in [-0.39, 0.29) is 12.0 Å². The van der Waals surface area contributed by atoms with Gasteiger partial charge in [-0.05, 0) is 0 Å². The molecule has 0 aromatic heterocycles. The molecule has 1 atom stereocenters. The summed E-state index contributed by atoms with van der Waals surface area (Å²) in [7, 11) is 0.